The molecule has 1 aromatic rings. The van der Waals surface area contributed by atoms with Gasteiger partial charge in [0.25, 0.3) is 0 Å². The lowest BCUT2D eigenvalue weighted by Gasteiger charge is -2.04. The molecule has 0 aliphatic heterocycles. The molecule has 0 saturated heterocycles. The lowest BCUT2D eigenvalue weighted by Crippen LogP contribution is -2.00. The van der Waals surface area contributed by atoms with E-state index in [9.17, 15) is 4.79 Å². The molecule has 0 aliphatic carbocycles. The highest BCUT2D eigenvalue weighted by Gasteiger charge is 2.10. The minimum Gasteiger partial charge on any atom is -0.294 e. The summed E-state index contributed by atoms with van der Waals surface area (Å²) in [4.78, 5) is 11.7. The van der Waals surface area contributed by atoms with Gasteiger partial charge in [-0.25, -0.2) is 0 Å². The van der Waals surface area contributed by atoms with Crippen LogP contribution in [0, 0.1) is 19.3 Å². The van der Waals surface area contributed by atoms with Gasteiger partial charge in [-0.05, 0) is 25.0 Å². The Hall–Kier alpha value is -1.26. The van der Waals surface area contributed by atoms with Crippen molar-refractivity contribution in [3.63, 3.8) is 0 Å². The van der Waals surface area contributed by atoms with E-state index in [4.69, 9.17) is 18.0 Å². The predicted octanol–water partition coefficient (Wildman–Crippen LogP) is 3.63. The van der Waals surface area contributed by atoms with Crippen molar-refractivity contribution in [1.29, 1.82) is 0 Å². The number of carbonyl (C=O) groups excluding carboxylic acids is 1. The van der Waals surface area contributed by atoms with E-state index in [1.54, 1.807) is 6.07 Å². The van der Waals surface area contributed by atoms with Gasteiger partial charge in [-0.3, -0.25) is 4.79 Å². The predicted molar refractivity (Wildman–Crippen MR) is 63.2 cm³/mol. The van der Waals surface area contributed by atoms with Gasteiger partial charge < -0.3 is 0 Å². The number of unbranched alkanes of at least 4 members (excludes halogenated alkanes) is 1. The van der Waals surface area contributed by atoms with E-state index in [0.29, 0.717) is 23.4 Å². The SMILES string of the molecule is C#CCCCC(=O)c1cccc(C)c1Cl. The first-order valence-corrected chi connectivity index (χ1v) is 5.26. The Morgan fingerprint density at radius 1 is 1.53 bits per heavy atom. The van der Waals surface area contributed by atoms with Gasteiger partial charge in [0.05, 0.1) is 5.02 Å². The summed E-state index contributed by atoms with van der Waals surface area (Å²) in [6.07, 6.45) is 6.94. The maximum atomic E-state index is 11.7. The van der Waals surface area contributed by atoms with Crippen LogP contribution in [-0.4, -0.2) is 5.78 Å². The van der Waals surface area contributed by atoms with Gasteiger partial charge in [0, 0.05) is 18.4 Å². The maximum absolute atomic E-state index is 11.7. The van der Waals surface area contributed by atoms with Crippen LogP contribution >= 0.6 is 11.6 Å². The average Bonchev–Trinajstić information content (AvgIpc) is 2.22. The van der Waals surface area contributed by atoms with Gasteiger partial charge in [0.2, 0.25) is 0 Å². The minimum absolute atomic E-state index is 0.0685. The Kier molecular flexibility index (Phi) is 4.39. The number of terminal acetylenes is 1. The Morgan fingerprint density at radius 2 is 2.27 bits per heavy atom. The van der Waals surface area contributed by atoms with Crippen molar-refractivity contribution >= 4 is 17.4 Å². The van der Waals surface area contributed by atoms with Crippen molar-refractivity contribution < 1.29 is 4.79 Å². The van der Waals surface area contributed by atoms with Gasteiger partial charge in [-0.2, -0.15) is 0 Å². The number of rotatable bonds is 4. The molecule has 0 radical (unpaired) electrons. The first kappa shape index (κ1) is 11.8. The van der Waals surface area contributed by atoms with Crippen molar-refractivity contribution in [2.24, 2.45) is 0 Å². The zero-order valence-electron chi connectivity index (χ0n) is 8.72. The third kappa shape index (κ3) is 3.11. The summed E-state index contributed by atoms with van der Waals surface area (Å²) in [5.41, 5.74) is 1.54. The van der Waals surface area contributed by atoms with E-state index in [0.717, 1.165) is 12.0 Å². The Bertz CT molecular complexity index is 401. The molecule has 0 atom stereocenters. The molecule has 0 bridgehead atoms. The summed E-state index contributed by atoms with van der Waals surface area (Å²) in [6.45, 7) is 1.89. The number of hydrogen-bond acceptors (Lipinski definition) is 1. The molecule has 0 spiro atoms. The largest absolute Gasteiger partial charge is 0.294 e. The standard InChI is InChI=1S/C13H13ClO/c1-3-4-5-9-12(15)11-8-6-7-10(2)13(11)14/h1,6-8H,4-5,9H2,2H3. The number of benzene rings is 1. The molecule has 0 aromatic heterocycles. The van der Waals surface area contributed by atoms with E-state index in [2.05, 4.69) is 5.92 Å². The van der Waals surface area contributed by atoms with Gasteiger partial charge in [0.15, 0.2) is 5.78 Å². The van der Waals surface area contributed by atoms with Crippen LogP contribution in [0.4, 0.5) is 0 Å². The molecular weight excluding hydrogens is 208 g/mol. The molecule has 78 valence electrons. The molecule has 0 saturated carbocycles. The first-order chi connectivity index (χ1) is 7.16. The highest BCUT2D eigenvalue weighted by molar-refractivity contribution is 6.34. The molecule has 1 rings (SSSR count). The monoisotopic (exact) mass is 220 g/mol. The zero-order chi connectivity index (χ0) is 11.3. The van der Waals surface area contributed by atoms with Crippen LogP contribution in [0.25, 0.3) is 0 Å². The van der Waals surface area contributed by atoms with Crippen LogP contribution in [0.2, 0.25) is 5.02 Å². The van der Waals surface area contributed by atoms with Crippen molar-refractivity contribution in [3.8, 4) is 12.3 Å². The lowest BCUT2D eigenvalue weighted by molar-refractivity contribution is 0.0980. The summed E-state index contributed by atoms with van der Waals surface area (Å²) in [5.74, 6) is 2.58. The summed E-state index contributed by atoms with van der Waals surface area (Å²) in [6, 6.07) is 5.49. The Morgan fingerprint density at radius 3 is 2.93 bits per heavy atom. The minimum atomic E-state index is 0.0685. The normalized spacial score (nSPS) is 9.67. The quantitative estimate of drug-likeness (QED) is 0.430. The van der Waals surface area contributed by atoms with Crippen molar-refractivity contribution in [2.75, 3.05) is 0 Å². The van der Waals surface area contributed by atoms with Gasteiger partial charge in [-0.1, -0.05) is 23.7 Å². The topological polar surface area (TPSA) is 17.1 Å². The molecular formula is C13H13ClO. The summed E-state index contributed by atoms with van der Waals surface area (Å²) < 4.78 is 0. The number of hydrogen-bond donors (Lipinski definition) is 0. The van der Waals surface area contributed by atoms with Crippen LogP contribution in [0.3, 0.4) is 0 Å². The molecule has 1 aromatic carbocycles. The number of ketones is 1. The van der Waals surface area contributed by atoms with Crippen LogP contribution < -0.4 is 0 Å². The summed E-state index contributed by atoms with van der Waals surface area (Å²) in [5, 5.41) is 0.559. The van der Waals surface area contributed by atoms with E-state index < -0.39 is 0 Å². The third-order valence-corrected chi connectivity index (χ3v) is 2.72. The fraction of sp³-hybridized carbons (Fsp3) is 0.308. The second kappa shape index (κ2) is 5.58. The number of Topliss-reactive ketones (excluding diaryl/α,β-unsaturated/α-hetero) is 1. The molecule has 15 heavy (non-hydrogen) atoms. The second-order valence-electron chi connectivity index (χ2n) is 3.42. The molecule has 0 N–H and O–H groups in total. The average molecular weight is 221 g/mol. The smallest absolute Gasteiger partial charge is 0.164 e. The van der Waals surface area contributed by atoms with Crippen LogP contribution in [0.1, 0.15) is 35.2 Å². The van der Waals surface area contributed by atoms with Gasteiger partial charge in [0.1, 0.15) is 0 Å². The fourth-order valence-corrected chi connectivity index (χ4v) is 1.58. The van der Waals surface area contributed by atoms with Crippen LogP contribution in [0.5, 0.6) is 0 Å². The van der Waals surface area contributed by atoms with Gasteiger partial charge >= 0.3 is 0 Å². The van der Waals surface area contributed by atoms with E-state index in [1.807, 2.05) is 19.1 Å². The highest BCUT2D eigenvalue weighted by Crippen LogP contribution is 2.22. The number of halogens is 1. The maximum Gasteiger partial charge on any atom is 0.164 e. The molecule has 2 heteroatoms. The molecule has 0 amide bonds. The molecule has 0 aliphatic rings. The van der Waals surface area contributed by atoms with Crippen molar-refractivity contribution in [3.05, 3.63) is 34.3 Å². The third-order valence-electron chi connectivity index (χ3n) is 2.22. The van der Waals surface area contributed by atoms with E-state index in [-0.39, 0.29) is 5.78 Å². The summed E-state index contributed by atoms with van der Waals surface area (Å²) in [7, 11) is 0. The molecule has 1 nitrogen and oxygen atoms in total. The Labute approximate surface area is 95.5 Å². The Balaban J connectivity index is 2.75. The van der Waals surface area contributed by atoms with Crippen LogP contribution in [0.15, 0.2) is 18.2 Å². The first-order valence-electron chi connectivity index (χ1n) is 4.88. The van der Waals surface area contributed by atoms with Crippen LogP contribution in [-0.2, 0) is 0 Å². The summed E-state index contributed by atoms with van der Waals surface area (Å²) >= 11 is 6.04. The van der Waals surface area contributed by atoms with E-state index >= 15 is 0 Å². The van der Waals surface area contributed by atoms with Crippen molar-refractivity contribution in [2.45, 2.75) is 26.2 Å². The second-order valence-corrected chi connectivity index (χ2v) is 3.80. The highest BCUT2D eigenvalue weighted by atomic mass is 35.5. The van der Waals surface area contributed by atoms with Gasteiger partial charge in [-0.15, -0.1) is 12.3 Å². The number of carbonyl (C=O) groups is 1. The van der Waals surface area contributed by atoms with E-state index in [1.165, 1.54) is 0 Å². The lowest BCUT2D eigenvalue weighted by atomic mass is 10.0. The molecule has 0 unspecified atom stereocenters. The van der Waals surface area contributed by atoms with Crippen molar-refractivity contribution in [1.82, 2.24) is 0 Å². The molecule has 0 heterocycles. The zero-order valence-corrected chi connectivity index (χ0v) is 9.47. The number of aryl methyl sites for hydroxylation is 1. The fourth-order valence-electron chi connectivity index (χ4n) is 1.35. The molecule has 0 fully saturated rings.